The van der Waals surface area contributed by atoms with Gasteiger partial charge in [0.05, 0.1) is 12.7 Å². The topological polar surface area (TPSA) is 87.6 Å². The lowest BCUT2D eigenvalue weighted by molar-refractivity contribution is 0.0998. The van der Waals surface area contributed by atoms with E-state index in [0.717, 1.165) is 0 Å². The molecule has 0 unspecified atom stereocenters. The quantitative estimate of drug-likeness (QED) is 0.823. The largest absolute Gasteiger partial charge is 0.497 e. The summed E-state index contributed by atoms with van der Waals surface area (Å²) < 4.78 is 10.7. The van der Waals surface area contributed by atoms with E-state index < -0.39 is 5.91 Å². The molecule has 2 aromatic rings. The van der Waals surface area contributed by atoms with Crippen LogP contribution in [0.4, 0.5) is 5.69 Å². The predicted molar refractivity (Wildman–Crippen MR) is 72.4 cm³/mol. The van der Waals surface area contributed by atoms with E-state index in [1.807, 2.05) is 0 Å². The van der Waals surface area contributed by atoms with Crippen LogP contribution in [0.1, 0.15) is 10.4 Å². The van der Waals surface area contributed by atoms with Gasteiger partial charge in [0, 0.05) is 11.8 Å². The SMILES string of the molecule is COc1cccc(Oc2ccc(N)cc2C(N)=O)c1. The summed E-state index contributed by atoms with van der Waals surface area (Å²) in [5.41, 5.74) is 11.6. The van der Waals surface area contributed by atoms with Gasteiger partial charge < -0.3 is 20.9 Å². The summed E-state index contributed by atoms with van der Waals surface area (Å²) in [4.78, 5) is 11.3. The molecular formula is C14H14N2O3. The fourth-order valence-corrected chi connectivity index (χ4v) is 1.62. The van der Waals surface area contributed by atoms with Crippen molar-refractivity contribution >= 4 is 11.6 Å². The smallest absolute Gasteiger partial charge is 0.252 e. The van der Waals surface area contributed by atoms with E-state index in [1.54, 1.807) is 43.5 Å². The number of benzene rings is 2. The number of carbonyl (C=O) groups excluding carboxylic acids is 1. The lowest BCUT2D eigenvalue weighted by atomic mass is 10.1. The average molecular weight is 258 g/mol. The molecule has 0 aliphatic carbocycles. The maximum Gasteiger partial charge on any atom is 0.252 e. The summed E-state index contributed by atoms with van der Waals surface area (Å²) >= 11 is 0. The van der Waals surface area contributed by atoms with Gasteiger partial charge in [-0.1, -0.05) is 6.07 Å². The summed E-state index contributed by atoms with van der Waals surface area (Å²) in [6.07, 6.45) is 0. The molecule has 0 atom stereocenters. The second-order valence-corrected chi connectivity index (χ2v) is 3.90. The summed E-state index contributed by atoms with van der Waals surface area (Å²) in [5.74, 6) is 0.973. The van der Waals surface area contributed by atoms with Crippen LogP contribution in [-0.4, -0.2) is 13.0 Å². The number of amides is 1. The molecule has 0 aliphatic rings. The molecule has 4 N–H and O–H groups in total. The minimum Gasteiger partial charge on any atom is -0.497 e. The van der Waals surface area contributed by atoms with Gasteiger partial charge in [-0.05, 0) is 30.3 Å². The van der Waals surface area contributed by atoms with Crippen LogP contribution in [0.25, 0.3) is 0 Å². The van der Waals surface area contributed by atoms with Crippen molar-refractivity contribution in [2.75, 3.05) is 12.8 Å². The molecule has 2 aromatic carbocycles. The van der Waals surface area contributed by atoms with E-state index in [1.165, 1.54) is 6.07 Å². The molecule has 19 heavy (non-hydrogen) atoms. The highest BCUT2D eigenvalue weighted by molar-refractivity contribution is 5.96. The average Bonchev–Trinajstić information content (AvgIpc) is 2.41. The van der Waals surface area contributed by atoms with Gasteiger partial charge in [-0.3, -0.25) is 4.79 Å². The zero-order valence-corrected chi connectivity index (χ0v) is 10.4. The van der Waals surface area contributed by atoms with Crippen LogP contribution in [-0.2, 0) is 0 Å². The van der Waals surface area contributed by atoms with Crippen LogP contribution < -0.4 is 20.9 Å². The molecule has 98 valence electrons. The Morgan fingerprint density at radius 1 is 1.11 bits per heavy atom. The summed E-state index contributed by atoms with van der Waals surface area (Å²) in [5, 5.41) is 0. The van der Waals surface area contributed by atoms with E-state index in [0.29, 0.717) is 22.9 Å². The lowest BCUT2D eigenvalue weighted by Gasteiger charge is -2.10. The summed E-state index contributed by atoms with van der Waals surface area (Å²) in [6, 6.07) is 11.8. The second-order valence-electron chi connectivity index (χ2n) is 3.90. The third-order valence-electron chi connectivity index (χ3n) is 2.54. The first-order valence-corrected chi connectivity index (χ1v) is 5.61. The molecule has 0 aliphatic heterocycles. The zero-order valence-electron chi connectivity index (χ0n) is 10.4. The number of nitrogen functional groups attached to an aromatic ring is 1. The third kappa shape index (κ3) is 2.95. The number of ether oxygens (including phenoxy) is 2. The van der Waals surface area contributed by atoms with Crippen molar-refractivity contribution in [1.82, 2.24) is 0 Å². The normalized spacial score (nSPS) is 9.95. The van der Waals surface area contributed by atoms with E-state index in [4.69, 9.17) is 20.9 Å². The van der Waals surface area contributed by atoms with Crippen molar-refractivity contribution in [2.24, 2.45) is 5.73 Å². The van der Waals surface area contributed by atoms with Crippen molar-refractivity contribution in [3.05, 3.63) is 48.0 Å². The molecule has 0 aromatic heterocycles. The Balaban J connectivity index is 2.34. The molecule has 0 radical (unpaired) electrons. The van der Waals surface area contributed by atoms with Gasteiger partial charge in [-0.15, -0.1) is 0 Å². The Bertz CT molecular complexity index is 611. The molecule has 0 fully saturated rings. The minimum atomic E-state index is -0.592. The van der Waals surface area contributed by atoms with Gasteiger partial charge in [0.15, 0.2) is 0 Å². The maximum atomic E-state index is 11.3. The molecule has 5 heteroatoms. The van der Waals surface area contributed by atoms with Crippen LogP contribution in [0.5, 0.6) is 17.2 Å². The van der Waals surface area contributed by atoms with Crippen molar-refractivity contribution in [2.45, 2.75) is 0 Å². The van der Waals surface area contributed by atoms with Crippen LogP contribution in [0.2, 0.25) is 0 Å². The Morgan fingerprint density at radius 3 is 2.53 bits per heavy atom. The van der Waals surface area contributed by atoms with Crippen LogP contribution in [0, 0.1) is 0 Å². The molecule has 0 saturated heterocycles. The van der Waals surface area contributed by atoms with Crippen LogP contribution in [0.15, 0.2) is 42.5 Å². The van der Waals surface area contributed by atoms with Crippen molar-refractivity contribution in [1.29, 1.82) is 0 Å². The monoisotopic (exact) mass is 258 g/mol. The first-order chi connectivity index (χ1) is 9.10. The van der Waals surface area contributed by atoms with E-state index in [9.17, 15) is 4.79 Å². The standard InChI is InChI=1S/C14H14N2O3/c1-18-10-3-2-4-11(8-10)19-13-6-5-9(15)7-12(13)14(16)17/h2-8H,15H2,1H3,(H2,16,17). The second kappa shape index (κ2) is 5.30. The number of rotatable bonds is 4. The maximum absolute atomic E-state index is 11.3. The summed E-state index contributed by atoms with van der Waals surface area (Å²) in [6.45, 7) is 0. The molecule has 0 heterocycles. The first kappa shape index (κ1) is 12.8. The van der Waals surface area contributed by atoms with Gasteiger partial charge in [0.2, 0.25) is 0 Å². The molecular weight excluding hydrogens is 244 g/mol. The Kier molecular flexibility index (Phi) is 3.56. The number of hydrogen-bond acceptors (Lipinski definition) is 4. The van der Waals surface area contributed by atoms with Crippen molar-refractivity contribution in [3.63, 3.8) is 0 Å². The highest BCUT2D eigenvalue weighted by Crippen LogP contribution is 2.28. The molecule has 5 nitrogen and oxygen atoms in total. The van der Waals surface area contributed by atoms with E-state index in [-0.39, 0.29) is 5.56 Å². The van der Waals surface area contributed by atoms with Gasteiger partial charge >= 0.3 is 0 Å². The molecule has 0 saturated carbocycles. The zero-order chi connectivity index (χ0) is 13.8. The molecule has 0 spiro atoms. The fourth-order valence-electron chi connectivity index (χ4n) is 1.62. The van der Waals surface area contributed by atoms with E-state index in [2.05, 4.69) is 0 Å². The number of methoxy groups -OCH3 is 1. The first-order valence-electron chi connectivity index (χ1n) is 5.61. The van der Waals surface area contributed by atoms with Crippen LogP contribution in [0.3, 0.4) is 0 Å². The Morgan fingerprint density at radius 2 is 1.84 bits per heavy atom. The molecule has 2 rings (SSSR count). The van der Waals surface area contributed by atoms with Gasteiger partial charge in [-0.25, -0.2) is 0 Å². The molecule has 1 amide bonds. The third-order valence-corrected chi connectivity index (χ3v) is 2.54. The lowest BCUT2D eigenvalue weighted by Crippen LogP contribution is -2.12. The van der Waals surface area contributed by atoms with E-state index >= 15 is 0 Å². The van der Waals surface area contributed by atoms with Crippen molar-refractivity contribution in [3.8, 4) is 17.2 Å². The minimum absolute atomic E-state index is 0.239. The summed E-state index contributed by atoms with van der Waals surface area (Å²) in [7, 11) is 1.57. The highest BCUT2D eigenvalue weighted by atomic mass is 16.5. The van der Waals surface area contributed by atoms with Gasteiger partial charge in [0.1, 0.15) is 17.2 Å². The number of anilines is 1. The number of primary amides is 1. The fraction of sp³-hybridized carbons (Fsp3) is 0.0714. The predicted octanol–water partition coefficient (Wildman–Crippen LogP) is 2.17. The molecule has 0 bridgehead atoms. The Labute approximate surface area is 110 Å². The number of hydrogen-bond donors (Lipinski definition) is 2. The highest BCUT2D eigenvalue weighted by Gasteiger charge is 2.11. The van der Waals surface area contributed by atoms with Crippen molar-refractivity contribution < 1.29 is 14.3 Å². The number of nitrogens with two attached hydrogens (primary N) is 2. The van der Waals surface area contributed by atoms with Gasteiger partial charge in [-0.2, -0.15) is 0 Å². The number of carbonyl (C=O) groups is 1. The van der Waals surface area contributed by atoms with Gasteiger partial charge in [0.25, 0.3) is 5.91 Å². The van der Waals surface area contributed by atoms with Crippen LogP contribution >= 0.6 is 0 Å². The Hall–Kier alpha value is -2.69.